The maximum absolute atomic E-state index is 12.3. The predicted octanol–water partition coefficient (Wildman–Crippen LogP) is 1.65. The topological polar surface area (TPSA) is 108 Å². The number of aromatic amines is 1. The molecular weight excluding hydrogens is 324 g/mol. The van der Waals surface area contributed by atoms with E-state index in [1.807, 2.05) is 6.92 Å². The lowest BCUT2D eigenvalue weighted by Crippen LogP contribution is -2.56. The van der Waals surface area contributed by atoms with Crippen LogP contribution < -0.4 is 5.32 Å². The second-order valence-electron chi connectivity index (χ2n) is 5.51. The molecule has 8 nitrogen and oxygen atoms in total. The standard InChI is InChI=1S/C14H21ClN4O4/c1-3-6-23-10-7-19(14(21)22)5-4-9(10)17-13(20)12-16-8(2)11(15)18-12/h9-10H,3-7H2,1-2H3,(H,16,18)(H,17,20)(H,21,22). The molecule has 1 aliphatic heterocycles. The van der Waals surface area contributed by atoms with E-state index in [1.54, 1.807) is 6.92 Å². The lowest BCUT2D eigenvalue weighted by atomic mass is 10.0. The number of hydrogen-bond donors (Lipinski definition) is 3. The van der Waals surface area contributed by atoms with Crippen LogP contribution in [-0.4, -0.2) is 63.8 Å². The van der Waals surface area contributed by atoms with Crippen molar-refractivity contribution in [2.24, 2.45) is 0 Å². The number of piperidine rings is 1. The van der Waals surface area contributed by atoms with Crippen LogP contribution in [0.1, 0.15) is 36.1 Å². The third kappa shape index (κ3) is 4.35. The SMILES string of the molecule is CCCOC1CN(C(=O)O)CCC1NC(=O)c1nc(Cl)c(C)[nH]1. The molecule has 1 aliphatic rings. The number of carbonyl (C=O) groups is 2. The van der Waals surface area contributed by atoms with Gasteiger partial charge in [0.05, 0.1) is 24.4 Å². The highest BCUT2D eigenvalue weighted by atomic mass is 35.5. The highest BCUT2D eigenvalue weighted by molar-refractivity contribution is 6.30. The van der Waals surface area contributed by atoms with Gasteiger partial charge in [-0.25, -0.2) is 9.78 Å². The molecule has 1 fully saturated rings. The Morgan fingerprint density at radius 1 is 1.57 bits per heavy atom. The molecule has 0 aliphatic carbocycles. The van der Waals surface area contributed by atoms with Crippen LogP contribution >= 0.6 is 11.6 Å². The Balaban J connectivity index is 2.03. The fourth-order valence-corrected chi connectivity index (χ4v) is 2.61. The number of carbonyl (C=O) groups excluding carboxylic acids is 1. The molecule has 128 valence electrons. The number of likely N-dealkylation sites (tertiary alicyclic amines) is 1. The van der Waals surface area contributed by atoms with Gasteiger partial charge in [0.25, 0.3) is 5.91 Å². The summed E-state index contributed by atoms with van der Waals surface area (Å²) in [7, 11) is 0. The number of aromatic nitrogens is 2. The van der Waals surface area contributed by atoms with Gasteiger partial charge >= 0.3 is 6.09 Å². The maximum Gasteiger partial charge on any atom is 0.407 e. The normalized spacial score (nSPS) is 21.3. The minimum atomic E-state index is -0.978. The molecule has 1 aromatic rings. The molecule has 0 spiro atoms. The number of H-pyrrole nitrogens is 1. The van der Waals surface area contributed by atoms with E-state index in [0.717, 1.165) is 6.42 Å². The fourth-order valence-electron chi connectivity index (χ4n) is 2.48. The van der Waals surface area contributed by atoms with Crippen molar-refractivity contribution in [3.63, 3.8) is 0 Å². The van der Waals surface area contributed by atoms with Crippen LogP contribution in [0.4, 0.5) is 4.79 Å². The van der Waals surface area contributed by atoms with E-state index >= 15 is 0 Å². The molecule has 2 atom stereocenters. The average Bonchev–Trinajstić information content (AvgIpc) is 2.85. The van der Waals surface area contributed by atoms with E-state index in [0.29, 0.717) is 25.3 Å². The molecular formula is C14H21ClN4O4. The third-order valence-electron chi connectivity index (χ3n) is 3.72. The van der Waals surface area contributed by atoms with Gasteiger partial charge in [-0.1, -0.05) is 18.5 Å². The van der Waals surface area contributed by atoms with E-state index in [4.69, 9.17) is 21.4 Å². The Morgan fingerprint density at radius 2 is 2.30 bits per heavy atom. The number of halogens is 1. The first-order valence-electron chi connectivity index (χ1n) is 7.54. The molecule has 2 amide bonds. The highest BCUT2D eigenvalue weighted by Crippen LogP contribution is 2.16. The molecule has 9 heteroatoms. The summed E-state index contributed by atoms with van der Waals surface area (Å²) in [6.45, 7) is 4.79. The Labute approximate surface area is 139 Å². The molecule has 1 aromatic heterocycles. The zero-order valence-corrected chi connectivity index (χ0v) is 13.9. The van der Waals surface area contributed by atoms with Crippen LogP contribution in [0.15, 0.2) is 0 Å². The minimum Gasteiger partial charge on any atom is -0.465 e. The second kappa shape index (κ2) is 7.65. The van der Waals surface area contributed by atoms with Gasteiger partial charge in [0, 0.05) is 13.2 Å². The number of rotatable bonds is 5. The van der Waals surface area contributed by atoms with Crippen LogP contribution in [0.5, 0.6) is 0 Å². The number of aryl methyl sites for hydroxylation is 1. The fraction of sp³-hybridized carbons (Fsp3) is 0.643. The van der Waals surface area contributed by atoms with Crippen LogP contribution in [0.25, 0.3) is 0 Å². The summed E-state index contributed by atoms with van der Waals surface area (Å²) in [6.07, 6.45) is -0.0551. The van der Waals surface area contributed by atoms with Crippen LogP contribution in [0.3, 0.4) is 0 Å². The van der Waals surface area contributed by atoms with Crippen molar-refractivity contribution in [2.75, 3.05) is 19.7 Å². The number of amides is 2. The van der Waals surface area contributed by atoms with Crippen molar-refractivity contribution in [3.05, 3.63) is 16.7 Å². The Bertz CT molecular complexity index is 558. The van der Waals surface area contributed by atoms with E-state index in [-0.39, 0.29) is 35.6 Å². The lowest BCUT2D eigenvalue weighted by Gasteiger charge is -2.37. The molecule has 0 aromatic carbocycles. The first-order chi connectivity index (χ1) is 10.9. The molecule has 1 saturated heterocycles. The van der Waals surface area contributed by atoms with Crippen molar-refractivity contribution in [1.29, 1.82) is 0 Å². The Kier molecular flexibility index (Phi) is 5.84. The van der Waals surface area contributed by atoms with Crippen LogP contribution in [0.2, 0.25) is 5.15 Å². The van der Waals surface area contributed by atoms with Crippen molar-refractivity contribution >= 4 is 23.6 Å². The summed E-state index contributed by atoms with van der Waals surface area (Å²) < 4.78 is 5.71. The first kappa shape index (κ1) is 17.6. The Hall–Kier alpha value is -1.80. The number of carboxylic acid groups (broad SMARTS) is 1. The number of nitrogens with zero attached hydrogens (tertiary/aromatic N) is 2. The summed E-state index contributed by atoms with van der Waals surface area (Å²) in [5, 5.41) is 12.2. The summed E-state index contributed by atoms with van der Waals surface area (Å²) in [5.41, 5.74) is 0.622. The largest absolute Gasteiger partial charge is 0.465 e. The zero-order valence-electron chi connectivity index (χ0n) is 13.1. The lowest BCUT2D eigenvalue weighted by molar-refractivity contribution is -0.0162. The highest BCUT2D eigenvalue weighted by Gasteiger charge is 2.33. The van der Waals surface area contributed by atoms with E-state index in [2.05, 4.69) is 15.3 Å². The summed E-state index contributed by atoms with van der Waals surface area (Å²) in [5.74, 6) is -0.235. The quantitative estimate of drug-likeness (QED) is 0.752. The van der Waals surface area contributed by atoms with Crippen LogP contribution in [-0.2, 0) is 4.74 Å². The summed E-state index contributed by atoms with van der Waals surface area (Å²) >= 11 is 5.85. The van der Waals surface area contributed by atoms with Gasteiger partial charge in [-0.2, -0.15) is 0 Å². The van der Waals surface area contributed by atoms with Gasteiger partial charge in [-0.15, -0.1) is 0 Å². The molecule has 0 radical (unpaired) electrons. The molecule has 23 heavy (non-hydrogen) atoms. The van der Waals surface area contributed by atoms with Crippen molar-refractivity contribution in [3.8, 4) is 0 Å². The molecule has 2 rings (SSSR count). The van der Waals surface area contributed by atoms with E-state index < -0.39 is 6.09 Å². The molecule has 3 N–H and O–H groups in total. The van der Waals surface area contributed by atoms with Crippen molar-refractivity contribution in [1.82, 2.24) is 20.2 Å². The Morgan fingerprint density at radius 3 is 2.87 bits per heavy atom. The summed E-state index contributed by atoms with van der Waals surface area (Å²) in [6, 6.07) is -0.270. The van der Waals surface area contributed by atoms with E-state index in [9.17, 15) is 9.59 Å². The van der Waals surface area contributed by atoms with Crippen LogP contribution in [0, 0.1) is 6.92 Å². The molecule has 0 bridgehead atoms. The third-order valence-corrected chi connectivity index (χ3v) is 4.09. The number of ether oxygens (including phenoxy) is 1. The van der Waals surface area contributed by atoms with Gasteiger partial charge in [0.1, 0.15) is 0 Å². The second-order valence-corrected chi connectivity index (χ2v) is 5.87. The van der Waals surface area contributed by atoms with Crippen molar-refractivity contribution < 1.29 is 19.4 Å². The minimum absolute atomic E-state index is 0.141. The summed E-state index contributed by atoms with van der Waals surface area (Å²) in [4.78, 5) is 31.5. The predicted molar refractivity (Wildman–Crippen MR) is 83.8 cm³/mol. The zero-order chi connectivity index (χ0) is 17.0. The average molecular weight is 345 g/mol. The first-order valence-corrected chi connectivity index (χ1v) is 7.92. The maximum atomic E-state index is 12.3. The smallest absolute Gasteiger partial charge is 0.407 e. The van der Waals surface area contributed by atoms with Gasteiger partial charge < -0.3 is 25.0 Å². The number of hydrogen-bond acceptors (Lipinski definition) is 4. The molecule has 2 unspecified atom stereocenters. The van der Waals surface area contributed by atoms with Gasteiger partial charge in [0.15, 0.2) is 11.0 Å². The number of nitrogens with one attached hydrogen (secondary N) is 2. The molecule has 2 heterocycles. The van der Waals surface area contributed by atoms with Gasteiger partial charge in [-0.3, -0.25) is 4.79 Å². The molecule has 0 saturated carbocycles. The van der Waals surface area contributed by atoms with Gasteiger partial charge in [-0.05, 0) is 19.8 Å². The van der Waals surface area contributed by atoms with E-state index in [1.165, 1.54) is 4.90 Å². The monoisotopic (exact) mass is 344 g/mol. The van der Waals surface area contributed by atoms with Crippen molar-refractivity contribution in [2.45, 2.75) is 38.8 Å². The van der Waals surface area contributed by atoms with Gasteiger partial charge in [0.2, 0.25) is 0 Å². The number of imidazole rings is 1.